The molecule has 0 saturated heterocycles. The molecule has 0 radical (unpaired) electrons. The molecule has 0 atom stereocenters. The summed E-state index contributed by atoms with van der Waals surface area (Å²) in [6.07, 6.45) is 5.56. The van der Waals surface area contributed by atoms with Crippen molar-refractivity contribution in [1.82, 2.24) is 20.5 Å². The second kappa shape index (κ2) is 7.74. The van der Waals surface area contributed by atoms with E-state index < -0.39 is 5.82 Å². The van der Waals surface area contributed by atoms with E-state index >= 15 is 0 Å². The zero-order valence-electron chi connectivity index (χ0n) is 17.2. The zero-order valence-corrected chi connectivity index (χ0v) is 18.0. The van der Waals surface area contributed by atoms with Crippen LogP contribution in [0, 0.1) is 12.7 Å². The van der Waals surface area contributed by atoms with Crippen LogP contribution < -0.4 is 14.8 Å². The maximum absolute atomic E-state index is 13.5. The zero-order chi connectivity index (χ0) is 22.3. The quantitative estimate of drug-likeness (QED) is 0.551. The van der Waals surface area contributed by atoms with Gasteiger partial charge in [-0.3, -0.25) is 9.78 Å². The fourth-order valence-corrected chi connectivity index (χ4v) is 4.59. The normalized spacial score (nSPS) is 23.1. The average molecular weight is 459 g/mol. The number of pyridine rings is 1. The van der Waals surface area contributed by atoms with E-state index in [1.165, 1.54) is 12.1 Å². The topological polar surface area (TPSA) is 99.4 Å². The number of hydrogen-bond acceptors (Lipinski definition) is 7. The van der Waals surface area contributed by atoms with Crippen molar-refractivity contribution in [2.45, 2.75) is 43.7 Å². The Bertz CT molecular complexity index is 1160. The molecule has 2 heterocycles. The Balaban J connectivity index is 1.10. The van der Waals surface area contributed by atoms with E-state index in [9.17, 15) is 9.18 Å². The van der Waals surface area contributed by atoms with Gasteiger partial charge in [0.25, 0.3) is 11.8 Å². The lowest BCUT2D eigenvalue weighted by Gasteiger charge is -2.68. The first-order valence-corrected chi connectivity index (χ1v) is 10.5. The average Bonchev–Trinajstić information content (AvgIpc) is 3.18. The molecule has 10 heteroatoms. The first-order chi connectivity index (χ1) is 15.3. The van der Waals surface area contributed by atoms with Crippen molar-refractivity contribution < 1.29 is 23.1 Å². The number of carbonyl (C=O) groups is 1. The van der Waals surface area contributed by atoms with Gasteiger partial charge >= 0.3 is 0 Å². The summed E-state index contributed by atoms with van der Waals surface area (Å²) in [6.45, 7) is 1.90. The summed E-state index contributed by atoms with van der Waals surface area (Å²) in [7, 11) is 0. The molecule has 0 unspecified atom stereocenters. The smallest absolute Gasteiger partial charge is 0.258 e. The van der Waals surface area contributed by atoms with E-state index in [-0.39, 0.29) is 40.8 Å². The number of halogens is 2. The van der Waals surface area contributed by atoms with E-state index in [4.69, 9.17) is 25.5 Å². The van der Waals surface area contributed by atoms with E-state index in [0.717, 1.165) is 30.9 Å². The van der Waals surface area contributed by atoms with Gasteiger partial charge in [-0.05, 0) is 49.9 Å². The van der Waals surface area contributed by atoms with Gasteiger partial charge in [-0.1, -0.05) is 11.6 Å². The second-order valence-corrected chi connectivity index (χ2v) is 8.90. The highest BCUT2D eigenvalue weighted by Gasteiger charge is 2.71. The highest BCUT2D eigenvalue weighted by molar-refractivity contribution is 6.30. The standard InChI is InChI=1S/C22H20ClFN4O4/c1-13-4-15(7-25-6-13)31-9-19-27-28-20(32-19)21-10-22(11-21,12-21)26-18(29)8-30-14-2-3-16(23)17(24)5-14/h2-7H,8-12H2,1H3,(H,26,29). The van der Waals surface area contributed by atoms with E-state index in [1.807, 2.05) is 13.0 Å². The van der Waals surface area contributed by atoms with Crippen molar-refractivity contribution in [3.63, 3.8) is 0 Å². The fourth-order valence-electron chi connectivity index (χ4n) is 4.47. The molecule has 32 heavy (non-hydrogen) atoms. The molecule has 3 saturated carbocycles. The third-order valence-corrected chi connectivity index (χ3v) is 6.14. The van der Waals surface area contributed by atoms with Crippen molar-refractivity contribution in [1.29, 1.82) is 0 Å². The van der Waals surface area contributed by atoms with Crippen molar-refractivity contribution in [2.75, 3.05) is 6.61 Å². The molecule has 2 bridgehead atoms. The lowest BCUT2D eigenvalue weighted by atomic mass is 9.39. The Morgan fingerprint density at radius 1 is 1.19 bits per heavy atom. The van der Waals surface area contributed by atoms with E-state index in [0.29, 0.717) is 17.5 Å². The molecular formula is C22H20ClFN4O4. The Morgan fingerprint density at radius 2 is 2.00 bits per heavy atom. The largest absolute Gasteiger partial charge is 0.484 e. The highest BCUT2D eigenvalue weighted by Crippen LogP contribution is 2.67. The molecule has 2 aromatic heterocycles. The minimum absolute atomic E-state index is 0.00360. The fraction of sp³-hybridized carbons (Fsp3) is 0.364. The summed E-state index contributed by atoms with van der Waals surface area (Å²) in [6, 6.07) is 5.93. The number of ether oxygens (including phenoxy) is 2. The van der Waals surface area contributed by atoms with Crippen LogP contribution in [-0.2, 0) is 16.8 Å². The maximum atomic E-state index is 13.5. The van der Waals surface area contributed by atoms with Crippen molar-refractivity contribution in [3.05, 3.63) is 64.8 Å². The summed E-state index contributed by atoms with van der Waals surface area (Å²) in [5.74, 6) is 1.000. The molecule has 0 aliphatic heterocycles. The van der Waals surface area contributed by atoms with Gasteiger partial charge in [-0.25, -0.2) is 4.39 Å². The van der Waals surface area contributed by atoms with Crippen molar-refractivity contribution in [3.8, 4) is 11.5 Å². The minimum Gasteiger partial charge on any atom is -0.484 e. The predicted octanol–water partition coefficient (Wildman–Crippen LogP) is 3.51. The highest BCUT2D eigenvalue weighted by atomic mass is 35.5. The predicted molar refractivity (Wildman–Crippen MR) is 111 cm³/mol. The number of aromatic nitrogens is 3. The van der Waals surface area contributed by atoms with Crippen LogP contribution in [0.1, 0.15) is 36.6 Å². The van der Waals surface area contributed by atoms with Crippen molar-refractivity contribution in [2.24, 2.45) is 0 Å². The first-order valence-electron chi connectivity index (χ1n) is 10.1. The third kappa shape index (κ3) is 3.88. The number of hydrogen-bond donors (Lipinski definition) is 1. The second-order valence-electron chi connectivity index (χ2n) is 8.49. The Labute approximate surface area is 188 Å². The molecule has 1 N–H and O–H groups in total. The summed E-state index contributed by atoms with van der Waals surface area (Å²) in [5, 5.41) is 11.3. The van der Waals surface area contributed by atoms with Gasteiger partial charge in [-0.2, -0.15) is 0 Å². The number of nitrogens with one attached hydrogen (secondary N) is 1. The van der Waals surface area contributed by atoms with Crippen LogP contribution in [0.25, 0.3) is 0 Å². The molecule has 3 aliphatic carbocycles. The van der Waals surface area contributed by atoms with Crippen LogP contribution in [0.4, 0.5) is 4.39 Å². The Kier molecular flexibility index (Phi) is 5.00. The van der Waals surface area contributed by atoms with Crippen LogP contribution >= 0.6 is 11.6 Å². The van der Waals surface area contributed by atoms with Crippen LogP contribution in [0.5, 0.6) is 11.5 Å². The number of carbonyl (C=O) groups excluding carboxylic acids is 1. The maximum Gasteiger partial charge on any atom is 0.258 e. The lowest BCUT2D eigenvalue weighted by molar-refractivity contribution is -0.143. The van der Waals surface area contributed by atoms with Gasteiger partial charge in [0.1, 0.15) is 17.3 Å². The Hall–Kier alpha value is -3.20. The van der Waals surface area contributed by atoms with Crippen LogP contribution in [-0.4, -0.2) is 33.2 Å². The van der Waals surface area contributed by atoms with Crippen LogP contribution in [0.15, 0.2) is 41.1 Å². The summed E-state index contributed by atoms with van der Waals surface area (Å²) in [5.41, 5.74) is 0.536. The first kappa shape index (κ1) is 20.7. The van der Waals surface area contributed by atoms with Gasteiger partial charge in [-0.15, -0.1) is 10.2 Å². The number of benzene rings is 1. The van der Waals surface area contributed by atoms with Gasteiger partial charge in [0.2, 0.25) is 5.89 Å². The van der Waals surface area contributed by atoms with Gasteiger partial charge in [0.05, 0.1) is 16.6 Å². The van der Waals surface area contributed by atoms with E-state index in [1.54, 1.807) is 12.4 Å². The monoisotopic (exact) mass is 458 g/mol. The summed E-state index contributed by atoms with van der Waals surface area (Å²) >= 11 is 5.64. The SMILES string of the molecule is Cc1cncc(OCc2nnc(C34CC(NC(=O)COc5ccc(Cl)c(F)c5)(C3)C4)o2)c1. The molecule has 166 valence electrons. The molecule has 3 aliphatic rings. The molecule has 6 rings (SSSR count). The van der Waals surface area contributed by atoms with Crippen LogP contribution in [0.3, 0.4) is 0 Å². The lowest BCUT2D eigenvalue weighted by Crippen LogP contribution is -2.77. The number of rotatable bonds is 8. The number of amides is 1. The Morgan fingerprint density at radius 3 is 2.75 bits per heavy atom. The third-order valence-electron chi connectivity index (χ3n) is 5.83. The number of aryl methyl sites for hydroxylation is 1. The van der Waals surface area contributed by atoms with Crippen molar-refractivity contribution >= 4 is 17.5 Å². The van der Waals surface area contributed by atoms with Gasteiger partial charge in [0, 0.05) is 17.8 Å². The molecule has 3 fully saturated rings. The molecule has 1 aromatic carbocycles. The molecule has 3 aromatic rings. The van der Waals surface area contributed by atoms with Gasteiger partial charge in [0.15, 0.2) is 13.2 Å². The molecule has 8 nitrogen and oxygen atoms in total. The van der Waals surface area contributed by atoms with E-state index in [2.05, 4.69) is 20.5 Å². The molecule has 1 amide bonds. The van der Waals surface area contributed by atoms with Crippen LogP contribution in [0.2, 0.25) is 5.02 Å². The molecule has 0 spiro atoms. The number of nitrogens with zero attached hydrogens (tertiary/aromatic N) is 3. The summed E-state index contributed by atoms with van der Waals surface area (Å²) < 4.78 is 30.3. The summed E-state index contributed by atoms with van der Waals surface area (Å²) in [4.78, 5) is 16.3. The molecular weight excluding hydrogens is 439 g/mol. The van der Waals surface area contributed by atoms with Gasteiger partial charge < -0.3 is 19.2 Å². The minimum atomic E-state index is -0.592.